The van der Waals surface area contributed by atoms with Crippen molar-refractivity contribution >= 4 is 34.6 Å². The smallest absolute Gasteiger partial charge is 0.195 e. The fraction of sp³-hybridized carbons (Fsp3) is 0. The summed E-state index contributed by atoms with van der Waals surface area (Å²) in [6.45, 7) is 0. The van der Waals surface area contributed by atoms with Gasteiger partial charge < -0.3 is 4.90 Å². The van der Waals surface area contributed by atoms with Crippen LogP contribution in [-0.4, -0.2) is 5.78 Å². The third-order valence-electron chi connectivity index (χ3n) is 4.86. The zero-order chi connectivity index (χ0) is 18.9. The van der Waals surface area contributed by atoms with E-state index < -0.39 is 0 Å². The molecule has 0 atom stereocenters. The highest BCUT2D eigenvalue weighted by Crippen LogP contribution is 2.51. The third kappa shape index (κ3) is 2.81. The summed E-state index contributed by atoms with van der Waals surface area (Å²) in [4.78, 5) is 17.9. The van der Waals surface area contributed by atoms with Gasteiger partial charge >= 0.3 is 0 Å². The number of rotatable bonds is 3. The molecule has 2 nitrogen and oxygen atoms in total. The van der Waals surface area contributed by atoms with Gasteiger partial charge in [-0.15, -0.1) is 0 Å². The first kappa shape index (κ1) is 16.8. The molecule has 0 aliphatic carbocycles. The van der Waals surface area contributed by atoms with Crippen LogP contribution in [0.15, 0.2) is 113 Å². The molecule has 5 rings (SSSR count). The van der Waals surface area contributed by atoms with Gasteiger partial charge in [-0.1, -0.05) is 78.5 Å². The maximum atomic E-state index is 13.3. The largest absolute Gasteiger partial charge is 0.307 e. The fourth-order valence-corrected chi connectivity index (χ4v) is 4.63. The lowest BCUT2D eigenvalue weighted by Crippen LogP contribution is -2.18. The Morgan fingerprint density at radius 2 is 1.07 bits per heavy atom. The highest BCUT2D eigenvalue weighted by atomic mass is 32.2. The van der Waals surface area contributed by atoms with Crippen molar-refractivity contribution in [2.75, 3.05) is 4.90 Å². The standard InChI is InChI=1S/C25H17NOS/c27-25(18-10-2-1-3-11-18)19-12-4-5-13-20(19)26-21-14-6-8-16-23(21)28-24-17-9-7-15-22(24)26/h1-17H. The van der Waals surface area contributed by atoms with E-state index in [0.717, 1.165) is 17.1 Å². The van der Waals surface area contributed by atoms with E-state index in [2.05, 4.69) is 41.3 Å². The van der Waals surface area contributed by atoms with E-state index in [4.69, 9.17) is 0 Å². The Hall–Kier alpha value is -3.30. The van der Waals surface area contributed by atoms with E-state index in [1.54, 1.807) is 11.8 Å². The molecule has 0 saturated heterocycles. The Balaban J connectivity index is 1.72. The Morgan fingerprint density at radius 1 is 0.571 bits per heavy atom. The van der Waals surface area contributed by atoms with Gasteiger partial charge in [0.2, 0.25) is 0 Å². The Kier molecular flexibility index (Phi) is 4.22. The predicted molar refractivity (Wildman–Crippen MR) is 115 cm³/mol. The minimum absolute atomic E-state index is 0.0318. The van der Waals surface area contributed by atoms with Crippen molar-refractivity contribution < 1.29 is 4.79 Å². The van der Waals surface area contributed by atoms with Gasteiger partial charge in [0.25, 0.3) is 0 Å². The van der Waals surface area contributed by atoms with E-state index in [1.807, 2.05) is 66.7 Å². The van der Waals surface area contributed by atoms with Gasteiger partial charge in [-0.05, 0) is 36.4 Å². The van der Waals surface area contributed by atoms with E-state index >= 15 is 0 Å². The second-order valence-corrected chi connectivity index (χ2v) is 7.67. The number of anilines is 3. The van der Waals surface area contributed by atoms with Crippen LogP contribution < -0.4 is 4.90 Å². The molecule has 3 heteroatoms. The second-order valence-electron chi connectivity index (χ2n) is 6.59. The average Bonchev–Trinajstić information content (AvgIpc) is 2.77. The van der Waals surface area contributed by atoms with Gasteiger partial charge in [0.1, 0.15) is 0 Å². The number of hydrogen-bond donors (Lipinski definition) is 0. The first-order chi connectivity index (χ1) is 13.8. The molecule has 0 amide bonds. The normalized spacial score (nSPS) is 12.2. The van der Waals surface area contributed by atoms with Crippen LogP contribution in [0.25, 0.3) is 0 Å². The molecule has 1 aliphatic rings. The number of fused-ring (bicyclic) bond motifs is 2. The van der Waals surface area contributed by atoms with Crippen LogP contribution in [0.5, 0.6) is 0 Å². The second kappa shape index (κ2) is 7.02. The molecule has 0 bridgehead atoms. The van der Waals surface area contributed by atoms with Crippen LogP contribution >= 0.6 is 11.8 Å². The van der Waals surface area contributed by atoms with Crippen LogP contribution in [0.4, 0.5) is 17.1 Å². The van der Waals surface area contributed by atoms with Gasteiger partial charge in [-0.25, -0.2) is 0 Å². The lowest BCUT2D eigenvalue weighted by molar-refractivity contribution is 0.103. The summed E-state index contributed by atoms with van der Waals surface area (Å²) in [6, 6.07) is 34.0. The fourth-order valence-electron chi connectivity index (χ4n) is 3.57. The predicted octanol–water partition coefficient (Wildman–Crippen LogP) is 6.85. The van der Waals surface area contributed by atoms with E-state index in [1.165, 1.54) is 9.79 Å². The molecule has 0 unspecified atom stereocenters. The van der Waals surface area contributed by atoms with Crippen molar-refractivity contribution in [3.8, 4) is 0 Å². The summed E-state index contributed by atoms with van der Waals surface area (Å²) in [7, 11) is 0. The molecule has 4 aromatic rings. The number of hydrogen-bond acceptors (Lipinski definition) is 3. The summed E-state index contributed by atoms with van der Waals surface area (Å²) >= 11 is 1.76. The van der Waals surface area contributed by atoms with Gasteiger partial charge in [-0.3, -0.25) is 4.79 Å². The zero-order valence-corrected chi connectivity index (χ0v) is 15.9. The molecule has 0 saturated carbocycles. The van der Waals surface area contributed by atoms with Crippen LogP contribution in [0.3, 0.4) is 0 Å². The monoisotopic (exact) mass is 379 g/mol. The lowest BCUT2D eigenvalue weighted by atomic mass is 10.00. The molecule has 4 aromatic carbocycles. The lowest BCUT2D eigenvalue weighted by Gasteiger charge is -2.33. The van der Waals surface area contributed by atoms with Crippen molar-refractivity contribution in [1.29, 1.82) is 0 Å². The Bertz CT molecular complexity index is 1120. The van der Waals surface area contributed by atoms with Crippen molar-refractivity contribution in [3.63, 3.8) is 0 Å². The van der Waals surface area contributed by atoms with Crippen molar-refractivity contribution in [3.05, 3.63) is 114 Å². The first-order valence-electron chi connectivity index (χ1n) is 9.18. The summed E-state index contributed by atoms with van der Waals surface area (Å²) in [5.41, 5.74) is 4.49. The minimum atomic E-state index is 0.0318. The molecule has 0 N–H and O–H groups in total. The van der Waals surface area contributed by atoms with Crippen LogP contribution in [-0.2, 0) is 0 Å². The van der Waals surface area contributed by atoms with Gasteiger partial charge in [0, 0.05) is 20.9 Å². The topological polar surface area (TPSA) is 20.3 Å². The summed E-state index contributed by atoms with van der Waals surface area (Å²) in [5, 5.41) is 0. The van der Waals surface area contributed by atoms with Crippen molar-refractivity contribution in [2.24, 2.45) is 0 Å². The van der Waals surface area contributed by atoms with Crippen molar-refractivity contribution in [2.45, 2.75) is 9.79 Å². The number of nitrogens with zero attached hydrogens (tertiary/aromatic N) is 1. The number of para-hydroxylation sites is 3. The molecule has 1 heterocycles. The molecule has 0 aromatic heterocycles. The molecule has 0 fully saturated rings. The van der Waals surface area contributed by atoms with Gasteiger partial charge in [0.15, 0.2) is 5.78 Å². The maximum absolute atomic E-state index is 13.3. The molecule has 28 heavy (non-hydrogen) atoms. The molecular weight excluding hydrogens is 362 g/mol. The number of carbonyl (C=O) groups excluding carboxylic acids is 1. The molecule has 0 radical (unpaired) electrons. The average molecular weight is 379 g/mol. The number of ketones is 1. The third-order valence-corrected chi connectivity index (χ3v) is 5.99. The van der Waals surface area contributed by atoms with E-state index in [-0.39, 0.29) is 5.78 Å². The van der Waals surface area contributed by atoms with Gasteiger partial charge in [0.05, 0.1) is 17.1 Å². The molecule has 1 aliphatic heterocycles. The van der Waals surface area contributed by atoms with Crippen LogP contribution in [0.2, 0.25) is 0 Å². The number of carbonyl (C=O) groups is 1. The summed E-state index contributed by atoms with van der Waals surface area (Å²) in [5.74, 6) is 0.0318. The van der Waals surface area contributed by atoms with Gasteiger partial charge in [-0.2, -0.15) is 0 Å². The highest BCUT2D eigenvalue weighted by Gasteiger charge is 2.27. The molecule has 0 spiro atoms. The summed E-state index contributed by atoms with van der Waals surface area (Å²) in [6.07, 6.45) is 0. The van der Waals surface area contributed by atoms with E-state index in [9.17, 15) is 4.79 Å². The van der Waals surface area contributed by atoms with E-state index in [0.29, 0.717) is 11.1 Å². The first-order valence-corrected chi connectivity index (χ1v) is 9.99. The Labute approximate surface area is 168 Å². The highest BCUT2D eigenvalue weighted by molar-refractivity contribution is 7.99. The quantitative estimate of drug-likeness (QED) is 0.320. The molecule has 134 valence electrons. The van der Waals surface area contributed by atoms with Crippen LogP contribution in [0.1, 0.15) is 15.9 Å². The zero-order valence-electron chi connectivity index (χ0n) is 15.1. The SMILES string of the molecule is O=C(c1ccccc1)c1ccccc1N1c2ccccc2Sc2ccccc21. The summed E-state index contributed by atoms with van der Waals surface area (Å²) < 4.78 is 0. The van der Waals surface area contributed by atoms with Crippen LogP contribution in [0, 0.1) is 0 Å². The maximum Gasteiger partial charge on any atom is 0.195 e. The molecular formula is C25H17NOS. The Morgan fingerprint density at radius 3 is 1.71 bits per heavy atom. The van der Waals surface area contributed by atoms with Crippen molar-refractivity contribution in [1.82, 2.24) is 0 Å². The minimum Gasteiger partial charge on any atom is -0.307 e. The number of benzene rings is 4.